The third-order valence-corrected chi connectivity index (χ3v) is 3.91. The second-order valence-electron chi connectivity index (χ2n) is 3.98. The third kappa shape index (κ3) is 7.90. The maximum absolute atomic E-state index is 11.5. The van der Waals surface area contributed by atoms with E-state index in [1.54, 1.807) is 18.2 Å². The van der Waals surface area contributed by atoms with Crippen molar-refractivity contribution >= 4 is 53.3 Å². The summed E-state index contributed by atoms with van der Waals surface area (Å²) in [5.74, 6) is 0.288. The van der Waals surface area contributed by atoms with Gasteiger partial charge in [0.2, 0.25) is 5.91 Å². The number of amides is 1. The smallest absolute Gasteiger partial charge is 0.230 e. The molecule has 3 nitrogen and oxygen atoms in total. The van der Waals surface area contributed by atoms with Crippen LogP contribution in [0.3, 0.4) is 0 Å². The van der Waals surface area contributed by atoms with Gasteiger partial charge in [-0.25, -0.2) is 0 Å². The van der Waals surface area contributed by atoms with Gasteiger partial charge in [0.15, 0.2) is 0 Å². The quantitative estimate of drug-likeness (QED) is 0.779. The van der Waals surface area contributed by atoms with Crippen LogP contribution in [0.1, 0.15) is 13.3 Å². The second kappa shape index (κ2) is 9.72. The van der Waals surface area contributed by atoms with E-state index < -0.39 is 0 Å². The van der Waals surface area contributed by atoms with Gasteiger partial charge in [0.05, 0.1) is 10.8 Å². The fourth-order valence-electron chi connectivity index (χ4n) is 1.22. The van der Waals surface area contributed by atoms with Gasteiger partial charge in [0, 0.05) is 22.5 Å². The maximum Gasteiger partial charge on any atom is 0.230 e. The Kier molecular flexibility index (Phi) is 9.66. The molecule has 0 saturated carbocycles. The molecule has 7 heteroatoms. The molecular formula is C12H17Cl3N2OS. The predicted octanol–water partition coefficient (Wildman–Crippen LogP) is 3.36. The lowest BCUT2D eigenvalue weighted by molar-refractivity contribution is -0.118. The molecule has 0 bridgehead atoms. The van der Waals surface area contributed by atoms with E-state index in [9.17, 15) is 4.79 Å². The van der Waals surface area contributed by atoms with Gasteiger partial charge in [0.25, 0.3) is 0 Å². The largest absolute Gasteiger partial charge is 0.355 e. The molecule has 1 amide bonds. The van der Waals surface area contributed by atoms with Crippen LogP contribution in [0, 0.1) is 0 Å². The van der Waals surface area contributed by atoms with E-state index in [0.717, 1.165) is 11.3 Å². The number of thioether (sulfide) groups is 1. The van der Waals surface area contributed by atoms with Crippen LogP contribution in [-0.2, 0) is 4.79 Å². The first kappa shape index (κ1) is 18.9. The molecule has 0 fully saturated rings. The van der Waals surface area contributed by atoms with Crippen molar-refractivity contribution in [3.63, 3.8) is 0 Å². The Balaban J connectivity index is 0.00000324. The number of benzene rings is 1. The topological polar surface area (TPSA) is 55.1 Å². The van der Waals surface area contributed by atoms with Crippen LogP contribution >= 0.6 is 47.4 Å². The molecule has 0 aliphatic heterocycles. The zero-order valence-corrected chi connectivity index (χ0v) is 13.6. The van der Waals surface area contributed by atoms with E-state index in [4.69, 9.17) is 28.9 Å². The normalized spacial score (nSPS) is 11.6. The number of rotatable bonds is 6. The lowest BCUT2D eigenvalue weighted by Gasteiger charge is -2.08. The van der Waals surface area contributed by atoms with Crippen molar-refractivity contribution in [3.8, 4) is 0 Å². The molecule has 1 aromatic rings. The molecule has 0 aliphatic carbocycles. The van der Waals surface area contributed by atoms with Gasteiger partial charge < -0.3 is 11.1 Å². The Morgan fingerprint density at radius 2 is 2.16 bits per heavy atom. The zero-order chi connectivity index (χ0) is 13.5. The van der Waals surface area contributed by atoms with Crippen molar-refractivity contribution in [2.75, 3.05) is 12.3 Å². The Labute approximate surface area is 134 Å². The molecule has 0 saturated heterocycles. The summed E-state index contributed by atoms with van der Waals surface area (Å²) in [5, 5.41) is 4.02. The second-order valence-corrected chi connectivity index (χ2v) is 5.84. The summed E-state index contributed by atoms with van der Waals surface area (Å²) in [7, 11) is 0. The van der Waals surface area contributed by atoms with E-state index in [0.29, 0.717) is 22.3 Å². The average molecular weight is 344 g/mol. The first-order valence-electron chi connectivity index (χ1n) is 5.59. The van der Waals surface area contributed by atoms with Gasteiger partial charge in [0.1, 0.15) is 0 Å². The zero-order valence-electron chi connectivity index (χ0n) is 10.5. The van der Waals surface area contributed by atoms with Gasteiger partial charge in [-0.3, -0.25) is 4.79 Å². The van der Waals surface area contributed by atoms with E-state index in [1.807, 2.05) is 6.92 Å². The highest BCUT2D eigenvalue weighted by atomic mass is 35.5. The molecule has 1 atom stereocenters. The SMILES string of the molecule is CC(N)CCNC(=O)CSc1cc(Cl)ccc1Cl.Cl. The van der Waals surface area contributed by atoms with Crippen molar-refractivity contribution in [2.45, 2.75) is 24.3 Å². The molecule has 3 N–H and O–H groups in total. The van der Waals surface area contributed by atoms with Crippen LogP contribution in [0.15, 0.2) is 23.1 Å². The maximum atomic E-state index is 11.5. The van der Waals surface area contributed by atoms with Crippen LogP contribution in [0.5, 0.6) is 0 Å². The number of hydrogen-bond acceptors (Lipinski definition) is 3. The fraction of sp³-hybridized carbons (Fsp3) is 0.417. The molecule has 0 radical (unpaired) electrons. The van der Waals surface area contributed by atoms with Gasteiger partial charge in [-0.2, -0.15) is 0 Å². The van der Waals surface area contributed by atoms with Gasteiger partial charge in [-0.1, -0.05) is 23.2 Å². The molecule has 0 aliphatic rings. The van der Waals surface area contributed by atoms with Crippen molar-refractivity contribution in [3.05, 3.63) is 28.2 Å². The highest BCUT2D eigenvalue weighted by Crippen LogP contribution is 2.29. The minimum atomic E-state index is -0.0308. The van der Waals surface area contributed by atoms with E-state index in [2.05, 4.69) is 5.32 Å². The Morgan fingerprint density at radius 1 is 1.47 bits per heavy atom. The molecule has 1 aromatic carbocycles. The van der Waals surface area contributed by atoms with Gasteiger partial charge in [-0.15, -0.1) is 24.2 Å². The van der Waals surface area contributed by atoms with Gasteiger partial charge >= 0.3 is 0 Å². The summed E-state index contributed by atoms with van der Waals surface area (Å²) >= 11 is 13.2. The molecule has 0 spiro atoms. The molecule has 1 unspecified atom stereocenters. The summed E-state index contributed by atoms with van der Waals surface area (Å²) in [6.07, 6.45) is 0.772. The highest BCUT2D eigenvalue weighted by molar-refractivity contribution is 8.00. The molecule has 108 valence electrons. The standard InChI is InChI=1S/C12H16Cl2N2OS.ClH/c1-8(15)4-5-16-12(17)7-18-11-6-9(13)2-3-10(11)14;/h2-3,6,8H,4-5,7,15H2,1H3,(H,16,17);1H. The number of nitrogens with one attached hydrogen (secondary N) is 1. The average Bonchev–Trinajstić information content (AvgIpc) is 2.30. The number of hydrogen-bond donors (Lipinski definition) is 2. The number of nitrogens with two attached hydrogens (primary N) is 1. The van der Waals surface area contributed by atoms with E-state index in [1.165, 1.54) is 11.8 Å². The fourth-order valence-corrected chi connectivity index (χ4v) is 2.54. The molecule has 19 heavy (non-hydrogen) atoms. The molecular weight excluding hydrogens is 327 g/mol. The lowest BCUT2D eigenvalue weighted by Crippen LogP contribution is -2.30. The van der Waals surface area contributed by atoms with Gasteiger partial charge in [-0.05, 0) is 31.5 Å². The summed E-state index contributed by atoms with van der Waals surface area (Å²) in [4.78, 5) is 12.4. The first-order chi connectivity index (χ1) is 8.49. The first-order valence-corrected chi connectivity index (χ1v) is 7.33. The Hall–Kier alpha value is -0.130. The minimum Gasteiger partial charge on any atom is -0.355 e. The monoisotopic (exact) mass is 342 g/mol. The third-order valence-electron chi connectivity index (χ3n) is 2.17. The summed E-state index contributed by atoms with van der Waals surface area (Å²) in [5.41, 5.74) is 5.59. The van der Waals surface area contributed by atoms with Crippen LogP contribution < -0.4 is 11.1 Å². The summed E-state index contributed by atoms with van der Waals surface area (Å²) in [6.45, 7) is 2.51. The van der Waals surface area contributed by atoms with Crippen LogP contribution in [0.4, 0.5) is 0 Å². The lowest BCUT2D eigenvalue weighted by atomic mass is 10.2. The summed E-state index contributed by atoms with van der Waals surface area (Å²) in [6, 6.07) is 5.29. The van der Waals surface area contributed by atoms with E-state index >= 15 is 0 Å². The van der Waals surface area contributed by atoms with Crippen molar-refractivity contribution in [2.24, 2.45) is 5.73 Å². The number of carbonyl (C=O) groups is 1. The van der Waals surface area contributed by atoms with Crippen molar-refractivity contribution < 1.29 is 4.79 Å². The summed E-state index contributed by atoms with van der Waals surface area (Å²) < 4.78 is 0. The van der Waals surface area contributed by atoms with Crippen LogP contribution in [0.25, 0.3) is 0 Å². The Bertz CT molecular complexity index is 416. The van der Waals surface area contributed by atoms with Crippen LogP contribution in [-0.4, -0.2) is 24.2 Å². The van der Waals surface area contributed by atoms with Crippen molar-refractivity contribution in [1.82, 2.24) is 5.32 Å². The van der Waals surface area contributed by atoms with Crippen molar-refractivity contribution in [1.29, 1.82) is 0 Å². The highest BCUT2D eigenvalue weighted by Gasteiger charge is 2.06. The Morgan fingerprint density at radius 3 is 2.79 bits per heavy atom. The minimum absolute atomic E-state index is 0. The number of carbonyl (C=O) groups excluding carboxylic acids is 1. The molecule has 0 heterocycles. The molecule has 1 rings (SSSR count). The predicted molar refractivity (Wildman–Crippen MR) is 85.7 cm³/mol. The van der Waals surface area contributed by atoms with Crippen LogP contribution in [0.2, 0.25) is 10.0 Å². The van der Waals surface area contributed by atoms with E-state index in [-0.39, 0.29) is 24.4 Å². The number of halogens is 3. The molecule has 0 aromatic heterocycles.